The fourth-order valence-electron chi connectivity index (χ4n) is 2.64. The summed E-state index contributed by atoms with van der Waals surface area (Å²) in [6.45, 7) is 1.16. The van der Waals surface area contributed by atoms with E-state index in [-0.39, 0.29) is 18.3 Å². The molecule has 1 aliphatic heterocycles. The van der Waals surface area contributed by atoms with E-state index in [1.165, 1.54) is 4.90 Å². The van der Waals surface area contributed by atoms with Gasteiger partial charge in [-0.15, -0.1) is 0 Å². The van der Waals surface area contributed by atoms with Gasteiger partial charge in [0.15, 0.2) is 0 Å². The largest absolute Gasteiger partial charge is 0.465 e. The summed E-state index contributed by atoms with van der Waals surface area (Å²) in [5, 5.41) is 18.2. The number of likely N-dealkylation sites (tertiary alicyclic amines) is 1. The van der Waals surface area contributed by atoms with Gasteiger partial charge in [0.25, 0.3) is 0 Å². The molecule has 1 saturated carbocycles. The van der Waals surface area contributed by atoms with E-state index in [9.17, 15) is 9.90 Å². The van der Waals surface area contributed by atoms with Crippen LogP contribution >= 0.6 is 0 Å². The Morgan fingerprint density at radius 1 is 1.00 bits per heavy atom. The van der Waals surface area contributed by atoms with Gasteiger partial charge in [0.05, 0.1) is 18.3 Å². The standard InChI is InChI=1S/C12H21NO4/c14-9-1-3-10(4-2-9)17-11-5-7-13(8-6-11)12(15)16/h9-11,14H,1-8H2,(H,15,16). The highest BCUT2D eigenvalue weighted by atomic mass is 16.5. The smallest absolute Gasteiger partial charge is 0.407 e. The lowest BCUT2D eigenvalue weighted by Crippen LogP contribution is -2.41. The van der Waals surface area contributed by atoms with E-state index in [0.717, 1.165) is 38.5 Å². The molecule has 0 aromatic carbocycles. The van der Waals surface area contributed by atoms with Crippen LogP contribution in [0.4, 0.5) is 4.79 Å². The zero-order valence-corrected chi connectivity index (χ0v) is 10.0. The van der Waals surface area contributed by atoms with Gasteiger partial charge in [0.1, 0.15) is 0 Å². The molecule has 1 heterocycles. The summed E-state index contributed by atoms with van der Waals surface area (Å²) < 4.78 is 5.98. The molecule has 1 amide bonds. The van der Waals surface area contributed by atoms with Crippen molar-refractivity contribution in [3.8, 4) is 0 Å². The normalized spacial score (nSPS) is 31.5. The van der Waals surface area contributed by atoms with Gasteiger partial charge in [-0.25, -0.2) is 4.79 Å². The Morgan fingerprint density at radius 2 is 1.53 bits per heavy atom. The lowest BCUT2D eigenvalue weighted by molar-refractivity contribution is -0.0665. The number of amides is 1. The monoisotopic (exact) mass is 243 g/mol. The molecule has 2 rings (SSSR count). The van der Waals surface area contributed by atoms with Crippen LogP contribution in [-0.4, -0.2) is 52.6 Å². The third kappa shape index (κ3) is 3.57. The van der Waals surface area contributed by atoms with Crippen molar-refractivity contribution < 1.29 is 19.7 Å². The Morgan fingerprint density at radius 3 is 2.06 bits per heavy atom. The maximum atomic E-state index is 10.7. The second kappa shape index (κ2) is 5.69. The number of aliphatic hydroxyl groups excluding tert-OH is 1. The van der Waals surface area contributed by atoms with E-state index in [2.05, 4.69) is 0 Å². The zero-order valence-electron chi connectivity index (χ0n) is 10.0. The number of hydrogen-bond acceptors (Lipinski definition) is 3. The molecule has 1 saturated heterocycles. The van der Waals surface area contributed by atoms with Gasteiger partial charge < -0.3 is 19.8 Å². The Kier molecular flexibility index (Phi) is 4.23. The van der Waals surface area contributed by atoms with Crippen LogP contribution < -0.4 is 0 Å². The van der Waals surface area contributed by atoms with Gasteiger partial charge in [-0.1, -0.05) is 0 Å². The molecule has 1 aliphatic carbocycles. The fourth-order valence-corrected chi connectivity index (χ4v) is 2.64. The molecule has 0 aromatic heterocycles. The lowest BCUT2D eigenvalue weighted by Gasteiger charge is -2.34. The Balaban J connectivity index is 1.69. The van der Waals surface area contributed by atoms with Crippen molar-refractivity contribution in [3.63, 3.8) is 0 Å². The molecule has 0 atom stereocenters. The van der Waals surface area contributed by atoms with Gasteiger partial charge in [-0.05, 0) is 38.5 Å². The van der Waals surface area contributed by atoms with E-state index < -0.39 is 6.09 Å². The lowest BCUT2D eigenvalue weighted by atomic mass is 9.94. The highest BCUT2D eigenvalue weighted by Crippen LogP contribution is 2.25. The Bertz CT molecular complexity index is 255. The minimum absolute atomic E-state index is 0.149. The number of aliphatic hydroxyl groups is 1. The van der Waals surface area contributed by atoms with Crippen LogP contribution in [0.25, 0.3) is 0 Å². The number of nitrogens with zero attached hydrogens (tertiary/aromatic N) is 1. The van der Waals surface area contributed by atoms with Crippen molar-refractivity contribution in [1.29, 1.82) is 0 Å². The molecule has 0 bridgehead atoms. The molecule has 5 heteroatoms. The topological polar surface area (TPSA) is 70.0 Å². The molecule has 0 spiro atoms. The van der Waals surface area contributed by atoms with Gasteiger partial charge in [0.2, 0.25) is 0 Å². The summed E-state index contributed by atoms with van der Waals surface area (Å²) >= 11 is 0. The highest BCUT2D eigenvalue weighted by Gasteiger charge is 2.27. The maximum Gasteiger partial charge on any atom is 0.407 e. The summed E-state index contributed by atoms with van der Waals surface area (Å²) in [5.74, 6) is 0. The number of carboxylic acid groups (broad SMARTS) is 1. The van der Waals surface area contributed by atoms with Crippen LogP contribution in [-0.2, 0) is 4.74 Å². The summed E-state index contributed by atoms with van der Waals surface area (Å²) in [6.07, 6.45) is 4.60. The van der Waals surface area contributed by atoms with Crippen molar-refractivity contribution in [2.24, 2.45) is 0 Å². The molecule has 5 nitrogen and oxygen atoms in total. The van der Waals surface area contributed by atoms with Crippen molar-refractivity contribution in [2.45, 2.75) is 56.8 Å². The van der Waals surface area contributed by atoms with Crippen molar-refractivity contribution in [1.82, 2.24) is 4.90 Å². The van der Waals surface area contributed by atoms with Crippen LogP contribution in [0.2, 0.25) is 0 Å². The molecule has 0 aromatic rings. The third-order valence-corrected chi connectivity index (χ3v) is 3.74. The quantitative estimate of drug-likeness (QED) is 0.770. The first-order valence-corrected chi connectivity index (χ1v) is 6.46. The summed E-state index contributed by atoms with van der Waals surface area (Å²) in [7, 11) is 0. The van der Waals surface area contributed by atoms with Crippen LogP contribution in [0.3, 0.4) is 0 Å². The predicted molar refractivity (Wildman–Crippen MR) is 62.0 cm³/mol. The van der Waals surface area contributed by atoms with Crippen molar-refractivity contribution in [3.05, 3.63) is 0 Å². The zero-order chi connectivity index (χ0) is 12.3. The summed E-state index contributed by atoms with van der Waals surface area (Å²) in [4.78, 5) is 12.2. The second-order valence-corrected chi connectivity index (χ2v) is 5.04. The molecule has 17 heavy (non-hydrogen) atoms. The molecule has 2 aliphatic rings. The predicted octanol–water partition coefficient (Wildman–Crippen LogP) is 1.45. The van der Waals surface area contributed by atoms with E-state index in [1.54, 1.807) is 0 Å². The molecule has 2 fully saturated rings. The SMILES string of the molecule is O=C(O)N1CCC(OC2CCC(O)CC2)CC1. The van der Waals surface area contributed by atoms with Gasteiger partial charge >= 0.3 is 6.09 Å². The molecule has 0 radical (unpaired) electrons. The molecular formula is C12H21NO4. The highest BCUT2D eigenvalue weighted by molar-refractivity contribution is 5.64. The molecular weight excluding hydrogens is 222 g/mol. The van der Waals surface area contributed by atoms with Crippen LogP contribution in [0.15, 0.2) is 0 Å². The molecule has 2 N–H and O–H groups in total. The van der Waals surface area contributed by atoms with Crippen LogP contribution in [0.5, 0.6) is 0 Å². The first kappa shape index (κ1) is 12.6. The van der Waals surface area contributed by atoms with Gasteiger partial charge in [-0.2, -0.15) is 0 Å². The van der Waals surface area contributed by atoms with Crippen LogP contribution in [0.1, 0.15) is 38.5 Å². The minimum atomic E-state index is -0.829. The number of rotatable bonds is 2. The van der Waals surface area contributed by atoms with Gasteiger partial charge in [-0.3, -0.25) is 0 Å². The maximum absolute atomic E-state index is 10.7. The van der Waals surface area contributed by atoms with Crippen LogP contribution in [0, 0.1) is 0 Å². The van der Waals surface area contributed by atoms with E-state index in [1.807, 2.05) is 0 Å². The van der Waals surface area contributed by atoms with E-state index >= 15 is 0 Å². The van der Waals surface area contributed by atoms with Crippen molar-refractivity contribution in [2.75, 3.05) is 13.1 Å². The molecule has 98 valence electrons. The minimum Gasteiger partial charge on any atom is -0.465 e. The first-order valence-electron chi connectivity index (χ1n) is 6.46. The third-order valence-electron chi connectivity index (χ3n) is 3.74. The average molecular weight is 243 g/mol. The van der Waals surface area contributed by atoms with E-state index in [0.29, 0.717) is 13.1 Å². The average Bonchev–Trinajstić information content (AvgIpc) is 2.33. The van der Waals surface area contributed by atoms with Gasteiger partial charge in [0, 0.05) is 13.1 Å². The Labute approximate surface area is 101 Å². The number of ether oxygens (including phenoxy) is 1. The van der Waals surface area contributed by atoms with E-state index in [4.69, 9.17) is 9.84 Å². The second-order valence-electron chi connectivity index (χ2n) is 5.04. The number of piperidine rings is 1. The summed E-state index contributed by atoms with van der Waals surface area (Å²) in [6, 6.07) is 0. The first-order chi connectivity index (χ1) is 8.15. The summed E-state index contributed by atoms with van der Waals surface area (Å²) in [5.41, 5.74) is 0. The number of hydrogen-bond donors (Lipinski definition) is 2. The fraction of sp³-hybridized carbons (Fsp3) is 0.917. The van der Waals surface area contributed by atoms with Crippen molar-refractivity contribution >= 4 is 6.09 Å². The molecule has 0 unspecified atom stereocenters. The number of carbonyl (C=O) groups is 1. The Hall–Kier alpha value is -0.810.